The van der Waals surface area contributed by atoms with E-state index in [1.54, 1.807) is 12.1 Å². The third-order valence-corrected chi connectivity index (χ3v) is 3.35. The number of nitrogens with one attached hydrogen (secondary N) is 1. The van der Waals surface area contributed by atoms with Crippen LogP contribution in [0.1, 0.15) is 24.3 Å². The third-order valence-electron chi connectivity index (χ3n) is 3.09. The van der Waals surface area contributed by atoms with E-state index in [9.17, 15) is 4.79 Å². The van der Waals surface area contributed by atoms with Crippen molar-refractivity contribution in [3.63, 3.8) is 0 Å². The molecule has 1 aromatic carbocycles. The van der Waals surface area contributed by atoms with Crippen molar-refractivity contribution in [2.24, 2.45) is 11.7 Å². The molecule has 0 radical (unpaired) electrons. The smallest absolute Gasteiger partial charge is 0.226 e. The summed E-state index contributed by atoms with van der Waals surface area (Å²) in [6, 6.07) is 7.29. The number of hydrogen-bond donors (Lipinski definition) is 2. The van der Waals surface area contributed by atoms with Crippen LogP contribution in [-0.4, -0.2) is 19.0 Å². The van der Waals surface area contributed by atoms with Crippen molar-refractivity contribution in [2.75, 3.05) is 13.1 Å². The van der Waals surface area contributed by atoms with Gasteiger partial charge in [-0.25, -0.2) is 0 Å². The third kappa shape index (κ3) is 3.72. The Hall–Kier alpha value is -1.06. The Bertz CT molecular complexity index is 387. The number of carbonyl (C=O) groups is 1. The van der Waals surface area contributed by atoms with Gasteiger partial charge in [-0.1, -0.05) is 23.7 Å². The molecule has 1 atom stereocenters. The lowest BCUT2D eigenvalue weighted by molar-refractivity contribution is -0.119. The van der Waals surface area contributed by atoms with Crippen LogP contribution in [0.5, 0.6) is 0 Å². The van der Waals surface area contributed by atoms with Crippen LogP contribution in [0.3, 0.4) is 0 Å². The minimum atomic E-state index is -0.296. The van der Waals surface area contributed by atoms with Gasteiger partial charge in [0.25, 0.3) is 0 Å². The molecule has 3 N–H and O–H groups in total. The molecule has 2 rings (SSSR count). The van der Waals surface area contributed by atoms with E-state index in [0.29, 0.717) is 11.6 Å². The van der Waals surface area contributed by atoms with Gasteiger partial charge < -0.3 is 11.1 Å². The quantitative estimate of drug-likeness (QED) is 0.813. The maximum absolute atomic E-state index is 11.4. The molecule has 1 unspecified atom stereocenters. The van der Waals surface area contributed by atoms with Crippen LogP contribution < -0.4 is 11.1 Å². The molecule has 0 heterocycles. The van der Waals surface area contributed by atoms with Crippen molar-refractivity contribution in [3.05, 3.63) is 34.9 Å². The highest BCUT2D eigenvalue weighted by atomic mass is 35.5. The van der Waals surface area contributed by atoms with E-state index in [1.807, 2.05) is 12.1 Å². The number of amides is 1. The Labute approximate surface area is 106 Å². The van der Waals surface area contributed by atoms with E-state index in [1.165, 1.54) is 12.8 Å². The van der Waals surface area contributed by atoms with Gasteiger partial charge in [-0.2, -0.15) is 0 Å². The Morgan fingerprint density at radius 3 is 2.59 bits per heavy atom. The lowest BCUT2D eigenvalue weighted by Crippen LogP contribution is -2.32. The molecule has 1 aliphatic carbocycles. The number of nitrogens with two attached hydrogens (primary N) is 1. The zero-order valence-electron chi connectivity index (χ0n) is 9.66. The minimum absolute atomic E-state index is 0.272. The Kier molecular flexibility index (Phi) is 4.02. The van der Waals surface area contributed by atoms with Gasteiger partial charge in [-0.3, -0.25) is 4.79 Å². The summed E-state index contributed by atoms with van der Waals surface area (Å²) in [6.07, 6.45) is 2.60. The highest BCUT2D eigenvalue weighted by molar-refractivity contribution is 6.30. The van der Waals surface area contributed by atoms with E-state index in [-0.39, 0.29) is 11.8 Å². The van der Waals surface area contributed by atoms with Crippen molar-refractivity contribution >= 4 is 17.5 Å². The fourth-order valence-corrected chi connectivity index (χ4v) is 1.96. The molecule has 0 saturated heterocycles. The summed E-state index contributed by atoms with van der Waals surface area (Å²) in [5.74, 6) is 0.232. The summed E-state index contributed by atoms with van der Waals surface area (Å²) in [7, 11) is 0. The molecule has 3 nitrogen and oxygen atoms in total. The van der Waals surface area contributed by atoms with Gasteiger partial charge in [0, 0.05) is 11.6 Å². The molecule has 1 aromatic rings. The van der Waals surface area contributed by atoms with Crippen LogP contribution in [0.25, 0.3) is 0 Å². The van der Waals surface area contributed by atoms with E-state index < -0.39 is 0 Å². The molecule has 1 saturated carbocycles. The van der Waals surface area contributed by atoms with Crippen molar-refractivity contribution in [3.8, 4) is 0 Å². The van der Waals surface area contributed by atoms with Crippen LogP contribution in [0.4, 0.5) is 0 Å². The normalized spacial score (nSPS) is 16.8. The average molecular weight is 253 g/mol. The second-order valence-corrected chi connectivity index (χ2v) is 5.04. The number of rotatable bonds is 6. The van der Waals surface area contributed by atoms with Gasteiger partial charge in [0.1, 0.15) is 0 Å². The molecule has 1 aliphatic rings. The van der Waals surface area contributed by atoms with Gasteiger partial charge in [0.05, 0.1) is 5.92 Å². The molecular formula is C13H17ClN2O. The van der Waals surface area contributed by atoms with Crippen LogP contribution in [0, 0.1) is 5.92 Å². The number of benzene rings is 1. The largest absolute Gasteiger partial charge is 0.369 e. The molecule has 0 aliphatic heterocycles. The Morgan fingerprint density at radius 1 is 1.41 bits per heavy atom. The first-order chi connectivity index (χ1) is 8.16. The number of carbonyl (C=O) groups excluding carboxylic acids is 1. The first-order valence-electron chi connectivity index (χ1n) is 5.92. The summed E-state index contributed by atoms with van der Waals surface area (Å²) in [5.41, 5.74) is 6.35. The molecule has 0 aromatic heterocycles. The summed E-state index contributed by atoms with van der Waals surface area (Å²) in [6.45, 7) is 1.59. The van der Waals surface area contributed by atoms with Gasteiger partial charge in [-0.15, -0.1) is 0 Å². The molecule has 92 valence electrons. The molecular weight excluding hydrogens is 236 g/mol. The van der Waals surface area contributed by atoms with Crippen LogP contribution in [0.15, 0.2) is 24.3 Å². The molecule has 1 fully saturated rings. The molecule has 17 heavy (non-hydrogen) atoms. The predicted octanol–water partition coefficient (Wildman–Crippen LogP) is 1.91. The van der Waals surface area contributed by atoms with Crippen molar-refractivity contribution in [2.45, 2.75) is 18.8 Å². The van der Waals surface area contributed by atoms with E-state index in [0.717, 1.165) is 18.0 Å². The second kappa shape index (κ2) is 5.52. The monoisotopic (exact) mass is 252 g/mol. The molecule has 1 amide bonds. The first kappa shape index (κ1) is 12.4. The van der Waals surface area contributed by atoms with Gasteiger partial charge in [0.15, 0.2) is 0 Å². The minimum Gasteiger partial charge on any atom is -0.369 e. The highest BCUT2D eigenvalue weighted by Gasteiger charge is 2.22. The predicted molar refractivity (Wildman–Crippen MR) is 69.0 cm³/mol. The Balaban J connectivity index is 1.95. The second-order valence-electron chi connectivity index (χ2n) is 4.61. The van der Waals surface area contributed by atoms with Crippen molar-refractivity contribution < 1.29 is 4.79 Å². The first-order valence-corrected chi connectivity index (χ1v) is 6.30. The van der Waals surface area contributed by atoms with Gasteiger partial charge in [0.2, 0.25) is 5.91 Å². The van der Waals surface area contributed by atoms with E-state index in [4.69, 9.17) is 17.3 Å². The number of halogens is 1. The van der Waals surface area contributed by atoms with E-state index >= 15 is 0 Å². The van der Waals surface area contributed by atoms with Crippen LogP contribution in [0.2, 0.25) is 5.02 Å². The lowest BCUT2D eigenvalue weighted by Gasteiger charge is -2.14. The fourth-order valence-electron chi connectivity index (χ4n) is 1.83. The summed E-state index contributed by atoms with van der Waals surface area (Å²) in [4.78, 5) is 11.4. The zero-order valence-corrected chi connectivity index (χ0v) is 10.4. The number of hydrogen-bond acceptors (Lipinski definition) is 2. The van der Waals surface area contributed by atoms with Gasteiger partial charge in [-0.05, 0) is 43.0 Å². The molecule has 0 bridgehead atoms. The highest BCUT2D eigenvalue weighted by Crippen LogP contribution is 2.27. The standard InChI is InChI=1S/C13H17ClN2O/c14-11-5-3-10(4-6-11)12(13(15)17)8-16-7-9-1-2-9/h3-6,9,12,16H,1-2,7-8H2,(H2,15,17). The van der Waals surface area contributed by atoms with Gasteiger partial charge >= 0.3 is 0 Å². The zero-order chi connectivity index (χ0) is 12.3. The lowest BCUT2D eigenvalue weighted by atomic mass is 9.98. The van der Waals surface area contributed by atoms with E-state index in [2.05, 4.69) is 5.32 Å². The van der Waals surface area contributed by atoms with Crippen molar-refractivity contribution in [1.82, 2.24) is 5.32 Å². The van der Waals surface area contributed by atoms with Crippen LogP contribution in [-0.2, 0) is 4.79 Å². The fraction of sp³-hybridized carbons (Fsp3) is 0.462. The van der Waals surface area contributed by atoms with Crippen molar-refractivity contribution in [1.29, 1.82) is 0 Å². The summed E-state index contributed by atoms with van der Waals surface area (Å²) < 4.78 is 0. The summed E-state index contributed by atoms with van der Waals surface area (Å²) >= 11 is 5.82. The number of primary amides is 1. The summed E-state index contributed by atoms with van der Waals surface area (Å²) in [5, 5.41) is 3.98. The maximum Gasteiger partial charge on any atom is 0.226 e. The van der Waals surface area contributed by atoms with Crippen LogP contribution >= 0.6 is 11.6 Å². The topological polar surface area (TPSA) is 55.1 Å². The SMILES string of the molecule is NC(=O)C(CNCC1CC1)c1ccc(Cl)cc1. The molecule has 4 heteroatoms. The Morgan fingerprint density at radius 2 is 2.06 bits per heavy atom. The average Bonchev–Trinajstić information content (AvgIpc) is 3.09. The molecule has 0 spiro atoms. The maximum atomic E-state index is 11.4.